The predicted molar refractivity (Wildman–Crippen MR) is 52.1 cm³/mol. The summed E-state index contributed by atoms with van der Waals surface area (Å²) in [6.07, 6.45) is 1.81. The van der Waals surface area contributed by atoms with Crippen LogP contribution in [-0.4, -0.2) is 9.67 Å². The molecule has 0 atom stereocenters. The minimum atomic E-state index is 0.222. The van der Waals surface area contributed by atoms with E-state index in [-0.39, 0.29) is 5.75 Å². The average molecular weight is 184 g/mol. The van der Waals surface area contributed by atoms with Crippen molar-refractivity contribution in [2.75, 3.05) is 0 Å². The van der Waals surface area contributed by atoms with E-state index in [1.807, 2.05) is 12.3 Å². The molecule has 0 unspecified atom stereocenters. The maximum absolute atomic E-state index is 9.11. The van der Waals surface area contributed by atoms with E-state index in [0.29, 0.717) is 5.69 Å². The van der Waals surface area contributed by atoms with Gasteiger partial charge in [0.25, 0.3) is 0 Å². The van der Waals surface area contributed by atoms with Crippen LogP contribution in [0.3, 0.4) is 0 Å². The number of nitriles is 1. The number of aromatic nitrogens is 1. The van der Waals surface area contributed by atoms with Crippen LogP contribution in [0.1, 0.15) is 5.69 Å². The zero-order chi connectivity index (χ0) is 9.97. The quantitative estimate of drug-likeness (QED) is 0.737. The molecule has 0 bridgehead atoms. The molecule has 1 aromatic carbocycles. The van der Waals surface area contributed by atoms with Crippen LogP contribution in [0.15, 0.2) is 42.6 Å². The molecular weight excluding hydrogens is 176 g/mol. The molecule has 0 saturated carbocycles. The SMILES string of the molecule is N#Cc1cccn1-c1ccc(O)cc1. The third-order valence-electron chi connectivity index (χ3n) is 1.99. The monoisotopic (exact) mass is 184 g/mol. The van der Waals surface area contributed by atoms with Crippen molar-refractivity contribution in [3.8, 4) is 17.5 Å². The van der Waals surface area contributed by atoms with E-state index in [1.165, 1.54) is 0 Å². The molecule has 0 saturated heterocycles. The van der Waals surface area contributed by atoms with Crippen molar-refractivity contribution in [3.05, 3.63) is 48.3 Å². The molecule has 14 heavy (non-hydrogen) atoms. The van der Waals surface area contributed by atoms with Crippen molar-refractivity contribution in [3.63, 3.8) is 0 Å². The van der Waals surface area contributed by atoms with Gasteiger partial charge in [0.15, 0.2) is 0 Å². The van der Waals surface area contributed by atoms with Gasteiger partial charge in [-0.1, -0.05) is 0 Å². The van der Waals surface area contributed by atoms with Crippen molar-refractivity contribution in [1.29, 1.82) is 5.26 Å². The first kappa shape index (κ1) is 8.39. The third kappa shape index (κ3) is 1.34. The molecule has 0 aliphatic rings. The van der Waals surface area contributed by atoms with Crippen molar-refractivity contribution >= 4 is 0 Å². The number of benzene rings is 1. The molecule has 1 aromatic heterocycles. The van der Waals surface area contributed by atoms with Gasteiger partial charge in [0.1, 0.15) is 17.5 Å². The van der Waals surface area contributed by atoms with Gasteiger partial charge in [-0.15, -0.1) is 0 Å². The molecule has 2 aromatic rings. The maximum atomic E-state index is 9.11. The summed E-state index contributed by atoms with van der Waals surface area (Å²) in [5, 5.41) is 17.9. The Morgan fingerprint density at radius 1 is 1.14 bits per heavy atom. The van der Waals surface area contributed by atoms with Crippen molar-refractivity contribution in [2.45, 2.75) is 0 Å². The van der Waals surface area contributed by atoms with Crippen LogP contribution in [0.4, 0.5) is 0 Å². The fraction of sp³-hybridized carbons (Fsp3) is 0. The highest BCUT2D eigenvalue weighted by atomic mass is 16.3. The van der Waals surface area contributed by atoms with Crippen LogP contribution in [0.2, 0.25) is 0 Å². The number of rotatable bonds is 1. The zero-order valence-corrected chi connectivity index (χ0v) is 7.38. The molecule has 0 radical (unpaired) electrons. The number of aromatic hydroxyl groups is 1. The summed E-state index contributed by atoms with van der Waals surface area (Å²) in [4.78, 5) is 0. The Morgan fingerprint density at radius 2 is 1.86 bits per heavy atom. The fourth-order valence-electron chi connectivity index (χ4n) is 1.31. The van der Waals surface area contributed by atoms with Crippen LogP contribution in [-0.2, 0) is 0 Å². The summed E-state index contributed by atoms with van der Waals surface area (Å²) < 4.78 is 1.76. The lowest BCUT2D eigenvalue weighted by atomic mass is 10.3. The van der Waals surface area contributed by atoms with Gasteiger partial charge in [-0.2, -0.15) is 5.26 Å². The fourth-order valence-corrected chi connectivity index (χ4v) is 1.31. The summed E-state index contributed by atoms with van der Waals surface area (Å²) >= 11 is 0. The summed E-state index contributed by atoms with van der Waals surface area (Å²) in [6, 6.07) is 12.4. The van der Waals surface area contributed by atoms with Gasteiger partial charge in [-0.25, -0.2) is 0 Å². The molecule has 1 N–H and O–H groups in total. The Morgan fingerprint density at radius 3 is 2.50 bits per heavy atom. The van der Waals surface area contributed by atoms with Crippen molar-refractivity contribution in [1.82, 2.24) is 4.57 Å². The number of phenols is 1. The van der Waals surface area contributed by atoms with Crippen LogP contribution < -0.4 is 0 Å². The Labute approximate surface area is 81.5 Å². The average Bonchev–Trinajstić information content (AvgIpc) is 2.67. The molecule has 0 spiro atoms. The largest absolute Gasteiger partial charge is 0.508 e. The minimum Gasteiger partial charge on any atom is -0.508 e. The Bertz CT molecular complexity index is 477. The first-order valence-corrected chi connectivity index (χ1v) is 4.18. The first-order valence-electron chi connectivity index (χ1n) is 4.18. The normalized spacial score (nSPS) is 9.64. The van der Waals surface area contributed by atoms with E-state index in [4.69, 9.17) is 10.4 Å². The Balaban J connectivity index is 2.50. The lowest BCUT2D eigenvalue weighted by molar-refractivity contribution is 0.475. The van der Waals surface area contributed by atoms with Crippen LogP contribution >= 0.6 is 0 Å². The highest BCUT2D eigenvalue weighted by molar-refractivity contribution is 5.41. The summed E-state index contributed by atoms with van der Waals surface area (Å²) in [7, 11) is 0. The summed E-state index contributed by atoms with van der Waals surface area (Å²) in [5.41, 5.74) is 1.44. The summed E-state index contributed by atoms with van der Waals surface area (Å²) in [6.45, 7) is 0. The van der Waals surface area contributed by atoms with E-state index in [0.717, 1.165) is 5.69 Å². The minimum absolute atomic E-state index is 0.222. The lowest BCUT2D eigenvalue weighted by Crippen LogP contribution is -1.93. The van der Waals surface area contributed by atoms with Gasteiger partial charge in [-0.3, -0.25) is 0 Å². The van der Waals surface area contributed by atoms with Gasteiger partial charge in [0, 0.05) is 11.9 Å². The van der Waals surface area contributed by atoms with E-state index >= 15 is 0 Å². The second-order valence-corrected chi connectivity index (χ2v) is 2.89. The molecule has 68 valence electrons. The Kier molecular flexibility index (Phi) is 1.96. The molecule has 0 aliphatic heterocycles. The highest BCUT2D eigenvalue weighted by Crippen LogP contribution is 2.15. The third-order valence-corrected chi connectivity index (χ3v) is 1.99. The predicted octanol–water partition coefficient (Wildman–Crippen LogP) is 2.05. The van der Waals surface area contributed by atoms with Crippen LogP contribution in [0.25, 0.3) is 5.69 Å². The van der Waals surface area contributed by atoms with E-state index in [9.17, 15) is 0 Å². The van der Waals surface area contributed by atoms with Crippen molar-refractivity contribution in [2.24, 2.45) is 0 Å². The second-order valence-electron chi connectivity index (χ2n) is 2.89. The second kappa shape index (κ2) is 3.27. The van der Waals surface area contributed by atoms with E-state index < -0.39 is 0 Å². The zero-order valence-electron chi connectivity index (χ0n) is 7.38. The smallest absolute Gasteiger partial charge is 0.124 e. The summed E-state index contributed by atoms with van der Waals surface area (Å²) in [5.74, 6) is 0.222. The standard InChI is InChI=1S/C11H8N2O/c12-8-10-2-1-7-13(10)9-3-5-11(14)6-4-9/h1-7,14H. The maximum Gasteiger partial charge on any atom is 0.124 e. The number of phenolic OH excluding ortho intramolecular Hbond substituents is 1. The molecule has 3 heteroatoms. The molecule has 0 aliphatic carbocycles. The van der Waals surface area contributed by atoms with Gasteiger partial charge in [-0.05, 0) is 36.4 Å². The first-order chi connectivity index (χ1) is 6.81. The molecule has 2 rings (SSSR count). The number of hydrogen-bond acceptors (Lipinski definition) is 2. The molecule has 3 nitrogen and oxygen atoms in total. The molecule has 0 amide bonds. The molecule has 1 heterocycles. The van der Waals surface area contributed by atoms with Crippen LogP contribution in [0.5, 0.6) is 5.75 Å². The number of hydrogen-bond donors (Lipinski definition) is 1. The molecule has 0 fully saturated rings. The number of nitrogens with zero attached hydrogens (tertiary/aromatic N) is 2. The van der Waals surface area contributed by atoms with Gasteiger partial charge in [0.05, 0.1) is 0 Å². The topological polar surface area (TPSA) is 49.0 Å². The van der Waals surface area contributed by atoms with Crippen molar-refractivity contribution < 1.29 is 5.11 Å². The molecular formula is C11H8N2O. The van der Waals surface area contributed by atoms with E-state index in [1.54, 1.807) is 34.9 Å². The highest BCUT2D eigenvalue weighted by Gasteiger charge is 2.01. The van der Waals surface area contributed by atoms with Gasteiger partial charge < -0.3 is 9.67 Å². The lowest BCUT2D eigenvalue weighted by Gasteiger charge is -2.03. The van der Waals surface area contributed by atoms with E-state index in [2.05, 4.69) is 6.07 Å². The van der Waals surface area contributed by atoms with Crippen LogP contribution in [0, 0.1) is 11.3 Å². The van der Waals surface area contributed by atoms with Gasteiger partial charge in [0.2, 0.25) is 0 Å². The van der Waals surface area contributed by atoms with Gasteiger partial charge >= 0.3 is 0 Å². The Hall–Kier alpha value is -2.21.